The monoisotopic (exact) mass is 268 g/mol. The van der Waals surface area contributed by atoms with E-state index < -0.39 is 12.0 Å². The van der Waals surface area contributed by atoms with Crippen molar-refractivity contribution < 1.29 is 14.3 Å². The molecule has 0 aromatic heterocycles. The number of benzene rings is 1. The van der Waals surface area contributed by atoms with Crippen molar-refractivity contribution in [2.24, 2.45) is 0 Å². The zero-order valence-electron chi connectivity index (χ0n) is 9.85. The molecule has 1 aromatic rings. The average molecular weight is 269 g/mol. The van der Waals surface area contributed by atoms with Gasteiger partial charge in [-0.1, -0.05) is 23.7 Å². The van der Waals surface area contributed by atoms with Gasteiger partial charge in [-0.3, -0.25) is 4.79 Å². The van der Waals surface area contributed by atoms with Gasteiger partial charge < -0.3 is 15.0 Å². The van der Waals surface area contributed by atoms with Crippen LogP contribution in [0.2, 0.25) is 5.02 Å². The summed E-state index contributed by atoms with van der Waals surface area (Å²) in [7, 11) is 1.29. The predicted molar refractivity (Wildman–Crippen MR) is 67.6 cm³/mol. The standard InChI is InChI=1S/C12H13ClN2O3/c1-18-12(17)9-6-15(7-11(16)14-9)10-5-3-2-4-8(10)13/h2-5,9H,6-7H2,1H3,(H,14,16). The maximum Gasteiger partial charge on any atom is 0.330 e. The minimum Gasteiger partial charge on any atom is -0.467 e. The van der Waals surface area contributed by atoms with Crippen molar-refractivity contribution in [3.05, 3.63) is 29.3 Å². The summed E-state index contributed by atoms with van der Waals surface area (Å²) >= 11 is 6.08. The first-order valence-electron chi connectivity index (χ1n) is 5.48. The molecule has 0 bridgehead atoms. The molecule has 1 amide bonds. The topological polar surface area (TPSA) is 58.6 Å². The zero-order valence-corrected chi connectivity index (χ0v) is 10.6. The zero-order chi connectivity index (χ0) is 13.1. The van der Waals surface area contributed by atoms with Crippen LogP contribution in [-0.2, 0) is 14.3 Å². The Morgan fingerprint density at radius 1 is 1.50 bits per heavy atom. The van der Waals surface area contributed by atoms with Crippen LogP contribution in [0.1, 0.15) is 0 Å². The molecule has 2 rings (SSSR count). The summed E-state index contributed by atoms with van der Waals surface area (Å²) in [5.41, 5.74) is 0.739. The third-order valence-corrected chi connectivity index (χ3v) is 3.07. The maximum absolute atomic E-state index is 11.6. The summed E-state index contributed by atoms with van der Waals surface area (Å²) < 4.78 is 4.64. The molecular formula is C12H13ClN2O3. The number of amides is 1. The fourth-order valence-corrected chi connectivity index (χ4v) is 2.17. The highest BCUT2D eigenvalue weighted by Gasteiger charge is 2.30. The van der Waals surface area contributed by atoms with E-state index in [-0.39, 0.29) is 12.5 Å². The quantitative estimate of drug-likeness (QED) is 0.807. The third kappa shape index (κ3) is 2.56. The van der Waals surface area contributed by atoms with Gasteiger partial charge in [0.2, 0.25) is 5.91 Å². The van der Waals surface area contributed by atoms with Crippen molar-refractivity contribution in [3.8, 4) is 0 Å². The molecule has 1 unspecified atom stereocenters. The van der Waals surface area contributed by atoms with Crippen LogP contribution in [0.5, 0.6) is 0 Å². The minimum atomic E-state index is -0.660. The SMILES string of the molecule is COC(=O)C1CN(c2ccccc2Cl)CC(=O)N1. The average Bonchev–Trinajstić information content (AvgIpc) is 2.37. The summed E-state index contributed by atoms with van der Waals surface area (Å²) in [5.74, 6) is -0.684. The van der Waals surface area contributed by atoms with E-state index >= 15 is 0 Å². The van der Waals surface area contributed by atoms with Gasteiger partial charge in [-0.05, 0) is 12.1 Å². The number of anilines is 1. The number of nitrogens with zero attached hydrogens (tertiary/aromatic N) is 1. The lowest BCUT2D eigenvalue weighted by molar-refractivity contribution is -0.145. The summed E-state index contributed by atoms with van der Waals surface area (Å²) in [6.07, 6.45) is 0. The first-order chi connectivity index (χ1) is 8.61. The fourth-order valence-electron chi connectivity index (χ4n) is 1.91. The van der Waals surface area contributed by atoms with Crippen LogP contribution in [-0.4, -0.2) is 38.1 Å². The van der Waals surface area contributed by atoms with Crippen LogP contribution < -0.4 is 10.2 Å². The largest absolute Gasteiger partial charge is 0.467 e. The Balaban J connectivity index is 2.21. The minimum absolute atomic E-state index is 0.178. The second kappa shape index (κ2) is 5.27. The van der Waals surface area contributed by atoms with Gasteiger partial charge in [-0.15, -0.1) is 0 Å². The molecule has 6 heteroatoms. The number of hydrogen-bond donors (Lipinski definition) is 1. The van der Waals surface area contributed by atoms with E-state index in [9.17, 15) is 9.59 Å². The van der Waals surface area contributed by atoms with E-state index in [0.717, 1.165) is 5.69 Å². The van der Waals surface area contributed by atoms with Gasteiger partial charge in [0, 0.05) is 6.54 Å². The molecule has 1 fully saturated rings. The Kier molecular flexibility index (Phi) is 3.72. The summed E-state index contributed by atoms with van der Waals surface area (Å²) in [6, 6.07) is 6.55. The first kappa shape index (κ1) is 12.7. The second-order valence-electron chi connectivity index (χ2n) is 3.98. The Hall–Kier alpha value is -1.75. The number of piperazine rings is 1. The molecule has 96 valence electrons. The Bertz CT molecular complexity index is 478. The highest BCUT2D eigenvalue weighted by molar-refractivity contribution is 6.33. The maximum atomic E-state index is 11.6. The highest BCUT2D eigenvalue weighted by atomic mass is 35.5. The lowest BCUT2D eigenvalue weighted by Gasteiger charge is -2.33. The van der Waals surface area contributed by atoms with Crippen molar-refractivity contribution in [3.63, 3.8) is 0 Å². The van der Waals surface area contributed by atoms with Gasteiger partial charge in [0.1, 0.15) is 6.04 Å². The molecule has 1 heterocycles. The molecule has 1 aliphatic rings. The van der Waals surface area contributed by atoms with Gasteiger partial charge in [-0.2, -0.15) is 0 Å². The molecule has 1 saturated heterocycles. The molecule has 0 aliphatic carbocycles. The van der Waals surface area contributed by atoms with Gasteiger partial charge in [-0.25, -0.2) is 4.79 Å². The molecular weight excluding hydrogens is 256 g/mol. The van der Waals surface area contributed by atoms with E-state index in [4.69, 9.17) is 11.6 Å². The summed E-state index contributed by atoms with van der Waals surface area (Å²) in [4.78, 5) is 24.8. The van der Waals surface area contributed by atoms with Crippen LogP contribution in [0.3, 0.4) is 0 Å². The van der Waals surface area contributed by atoms with E-state index in [1.54, 1.807) is 11.0 Å². The third-order valence-electron chi connectivity index (χ3n) is 2.75. The van der Waals surface area contributed by atoms with Crippen LogP contribution >= 0.6 is 11.6 Å². The number of methoxy groups -OCH3 is 1. The number of carbonyl (C=O) groups is 2. The van der Waals surface area contributed by atoms with Gasteiger partial charge in [0.05, 0.1) is 24.4 Å². The molecule has 18 heavy (non-hydrogen) atoms. The second-order valence-corrected chi connectivity index (χ2v) is 4.38. The molecule has 1 N–H and O–H groups in total. The molecule has 0 spiro atoms. The molecule has 5 nitrogen and oxygen atoms in total. The van der Waals surface area contributed by atoms with Crippen LogP contribution in [0.4, 0.5) is 5.69 Å². The van der Waals surface area contributed by atoms with Crippen LogP contribution in [0, 0.1) is 0 Å². The number of carbonyl (C=O) groups excluding carboxylic acids is 2. The van der Waals surface area contributed by atoms with Gasteiger partial charge in [0.15, 0.2) is 0 Å². The molecule has 1 aromatic carbocycles. The predicted octanol–water partition coefficient (Wildman–Crippen LogP) is 0.818. The number of halogens is 1. The smallest absolute Gasteiger partial charge is 0.330 e. The van der Waals surface area contributed by atoms with Crippen molar-refractivity contribution in [1.82, 2.24) is 5.32 Å². The summed E-state index contributed by atoms with van der Waals surface area (Å²) in [5, 5.41) is 3.14. The van der Waals surface area contributed by atoms with Gasteiger partial charge >= 0.3 is 5.97 Å². The first-order valence-corrected chi connectivity index (χ1v) is 5.86. The van der Waals surface area contributed by atoms with Crippen molar-refractivity contribution in [2.45, 2.75) is 6.04 Å². The fraction of sp³-hybridized carbons (Fsp3) is 0.333. The van der Waals surface area contributed by atoms with Crippen molar-refractivity contribution in [2.75, 3.05) is 25.1 Å². The van der Waals surface area contributed by atoms with E-state index in [0.29, 0.717) is 11.6 Å². The van der Waals surface area contributed by atoms with E-state index in [1.807, 2.05) is 18.2 Å². The Morgan fingerprint density at radius 3 is 2.89 bits per heavy atom. The molecule has 0 radical (unpaired) electrons. The molecule has 0 saturated carbocycles. The van der Waals surface area contributed by atoms with E-state index in [1.165, 1.54) is 7.11 Å². The Morgan fingerprint density at radius 2 is 2.22 bits per heavy atom. The number of ether oxygens (including phenoxy) is 1. The normalized spacial score (nSPS) is 19.3. The number of nitrogens with one attached hydrogen (secondary N) is 1. The lowest BCUT2D eigenvalue weighted by atomic mass is 10.1. The number of para-hydroxylation sites is 1. The number of hydrogen-bond acceptors (Lipinski definition) is 4. The number of esters is 1. The highest BCUT2D eigenvalue weighted by Crippen LogP contribution is 2.26. The summed E-state index contributed by atoms with van der Waals surface area (Å²) in [6.45, 7) is 0.527. The van der Waals surface area contributed by atoms with E-state index in [2.05, 4.69) is 10.1 Å². The molecule has 1 aliphatic heterocycles. The van der Waals surface area contributed by atoms with Crippen LogP contribution in [0.15, 0.2) is 24.3 Å². The van der Waals surface area contributed by atoms with Crippen LogP contribution in [0.25, 0.3) is 0 Å². The number of rotatable bonds is 2. The lowest BCUT2D eigenvalue weighted by Crippen LogP contribution is -2.57. The van der Waals surface area contributed by atoms with Gasteiger partial charge in [0.25, 0.3) is 0 Å². The van der Waals surface area contributed by atoms with Crippen molar-refractivity contribution >= 4 is 29.2 Å². The van der Waals surface area contributed by atoms with Crippen molar-refractivity contribution in [1.29, 1.82) is 0 Å². The Labute approximate surface area is 110 Å². The molecule has 1 atom stereocenters.